The van der Waals surface area contributed by atoms with E-state index in [-0.39, 0.29) is 0 Å². The number of halogens is 1. The summed E-state index contributed by atoms with van der Waals surface area (Å²) in [5.74, 6) is 0.514. The lowest BCUT2D eigenvalue weighted by Gasteiger charge is -2.08. The molecule has 0 aliphatic rings. The first-order valence-corrected chi connectivity index (χ1v) is 5.25. The first kappa shape index (κ1) is 11.3. The van der Waals surface area contributed by atoms with Crippen LogP contribution in [0.2, 0.25) is 0 Å². The minimum absolute atomic E-state index is 0.405. The summed E-state index contributed by atoms with van der Waals surface area (Å²) in [5.41, 5.74) is 2.42. The molecular formula is C12H15ClO. The van der Waals surface area contributed by atoms with Gasteiger partial charge in [0.2, 0.25) is 0 Å². The predicted molar refractivity (Wildman–Crippen MR) is 59.9 cm³/mol. The summed E-state index contributed by atoms with van der Waals surface area (Å²) < 4.78 is 0. The lowest BCUT2D eigenvalue weighted by atomic mass is 9.99. The quantitative estimate of drug-likeness (QED) is 0.551. The van der Waals surface area contributed by atoms with Crippen LogP contribution in [0.3, 0.4) is 0 Å². The first-order valence-electron chi connectivity index (χ1n) is 4.81. The van der Waals surface area contributed by atoms with Crippen LogP contribution in [0, 0.1) is 0 Å². The van der Waals surface area contributed by atoms with Gasteiger partial charge in [0.05, 0.1) is 5.38 Å². The maximum Gasteiger partial charge on any atom is 0.138 e. The van der Waals surface area contributed by atoms with Crippen molar-refractivity contribution in [1.82, 2.24) is 0 Å². The van der Waals surface area contributed by atoms with Gasteiger partial charge in [-0.1, -0.05) is 38.1 Å². The molecule has 0 aliphatic heterocycles. The zero-order valence-corrected chi connectivity index (χ0v) is 9.29. The van der Waals surface area contributed by atoms with Crippen molar-refractivity contribution in [3.63, 3.8) is 0 Å². The highest BCUT2D eigenvalue weighted by molar-refractivity contribution is 6.27. The fourth-order valence-corrected chi connectivity index (χ4v) is 1.53. The van der Waals surface area contributed by atoms with Gasteiger partial charge in [-0.2, -0.15) is 0 Å². The van der Waals surface area contributed by atoms with Crippen LogP contribution in [0.15, 0.2) is 24.3 Å². The van der Waals surface area contributed by atoms with E-state index in [0.29, 0.717) is 12.3 Å². The van der Waals surface area contributed by atoms with E-state index in [1.807, 2.05) is 12.1 Å². The largest absolute Gasteiger partial charge is 0.302 e. The second-order valence-electron chi connectivity index (χ2n) is 3.76. The fourth-order valence-electron chi connectivity index (χ4n) is 1.35. The van der Waals surface area contributed by atoms with Gasteiger partial charge in [-0.05, 0) is 23.5 Å². The van der Waals surface area contributed by atoms with Gasteiger partial charge in [-0.15, -0.1) is 11.6 Å². The van der Waals surface area contributed by atoms with Gasteiger partial charge in [0.15, 0.2) is 0 Å². The molecule has 1 aromatic carbocycles. The third-order valence-corrected chi connectivity index (χ3v) is 2.45. The molecule has 0 N–H and O–H groups in total. The molecular weight excluding hydrogens is 196 g/mol. The summed E-state index contributed by atoms with van der Waals surface area (Å²) in [7, 11) is 0. The molecule has 0 aliphatic carbocycles. The van der Waals surface area contributed by atoms with Gasteiger partial charge in [0, 0.05) is 0 Å². The molecule has 0 amide bonds. The molecule has 0 saturated heterocycles. The molecule has 1 aromatic rings. The third-order valence-electron chi connectivity index (χ3n) is 2.20. The maximum absolute atomic E-state index is 10.4. The predicted octanol–water partition coefficient (Wildman–Crippen LogP) is 3.16. The number of hydrogen-bond donors (Lipinski definition) is 0. The van der Waals surface area contributed by atoms with Crippen molar-refractivity contribution < 1.29 is 4.79 Å². The molecule has 0 bridgehead atoms. The molecule has 0 saturated carbocycles. The van der Waals surface area contributed by atoms with E-state index in [9.17, 15) is 4.79 Å². The van der Waals surface area contributed by atoms with E-state index in [1.165, 1.54) is 5.56 Å². The zero-order chi connectivity index (χ0) is 10.6. The highest BCUT2D eigenvalue weighted by atomic mass is 35.5. The SMILES string of the molecule is CC(C)c1cccc(CC(Cl)C=O)c1. The first-order chi connectivity index (χ1) is 6.63. The van der Waals surface area contributed by atoms with Crippen molar-refractivity contribution >= 4 is 17.9 Å². The molecule has 1 rings (SSSR count). The van der Waals surface area contributed by atoms with E-state index in [1.54, 1.807) is 0 Å². The van der Waals surface area contributed by atoms with Crippen molar-refractivity contribution in [3.05, 3.63) is 35.4 Å². The van der Waals surface area contributed by atoms with Crippen LogP contribution in [-0.4, -0.2) is 11.7 Å². The van der Waals surface area contributed by atoms with Crippen molar-refractivity contribution in [2.24, 2.45) is 0 Å². The topological polar surface area (TPSA) is 17.1 Å². The Morgan fingerprint density at radius 3 is 2.71 bits per heavy atom. The van der Waals surface area contributed by atoms with Crippen molar-refractivity contribution in [1.29, 1.82) is 0 Å². The number of hydrogen-bond acceptors (Lipinski definition) is 1. The summed E-state index contributed by atoms with van der Waals surface area (Å²) in [6.07, 6.45) is 1.40. The van der Waals surface area contributed by atoms with E-state index < -0.39 is 5.38 Å². The Morgan fingerprint density at radius 1 is 1.43 bits per heavy atom. The van der Waals surface area contributed by atoms with E-state index >= 15 is 0 Å². The van der Waals surface area contributed by atoms with Gasteiger partial charge < -0.3 is 4.79 Å². The Balaban J connectivity index is 2.78. The van der Waals surface area contributed by atoms with Gasteiger partial charge >= 0.3 is 0 Å². The molecule has 0 fully saturated rings. The molecule has 0 spiro atoms. The number of carbonyl (C=O) groups excluding carboxylic acids is 1. The van der Waals surface area contributed by atoms with Crippen LogP contribution in [0.4, 0.5) is 0 Å². The summed E-state index contributed by atoms with van der Waals surface area (Å²) in [6, 6.07) is 8.23. The Kier molecular flexibility index (Phi) is 4.15. The average Bonchev–Trinajstić information content (AvgIpc) is 2.18. The summed E-state index contributed by atoms with van der Waals surface area (Å²) >= 11 is 5.76. The van der Waals surface area contributed by atoms with Crippen LogP contribution in [0.5, 0.6) is 0 Å². The number of alkyl halides is 1. The molecule has 1 unspecified atom stereocenters. The van der Waals surface area contributed by atoms with Crippen LogP contribution < -0.4 is 0 Å². The standard InChI is InChI=1S/C12H15ClO/c1-9(2)11-5-3-4-10(6-11)7-12(13)8-14/h3-6,8-9,12H,7H2,1-2H3. The summed E-state index contributed by atoms with van der Waals surface area (Å²) in [6.45, 7) is 4.30. The molecule has 0 heterocycles. The molecule has 0 radical (unpaired) electrons. The molecule has 0 aromatic heterocycles. The number of rotatable bonds is 4. The van der Waals surface area contributed by atoms with Crippen molar-refractivity contribution in [2.45, 2.75) is 31.6 Å². The van der Waals surface area contributed by atoms with Crippen LogP contribution in [-0.2, 0) is 11.2 Å². The van der Waals surface area contributed by atoms with Crippen LogP contribution in [0.1, 0.15) is 30.9 Å². The Hall–Kier alpha value is -0.820. The van der Waals surface area contributed by atoms with Crippen molar-refractivity contribution in [3.8, 4) is 0 Å². The molecule has 2 heteroatoms. The minimum Gasteiger partial charge on any atom is -0.302 e. The zero-order valence-electron chi connectivity index (χ0n) is 8.53. The minimum atomic E-state index is -0.405. The number of aldehydes is 1. The van der Waals surface area contributed by atoms with Gasteiger partial charge in [-0.25, -0.2) is 0 Å². The van der Waals surface area contributed by atoms with Crippen molar-refractivity contribution in [2.75, 3.05) is 0 Å². The van der Waals surface area contributed by atoms with E-state index in [4.69, 9.17) is 11.6 Å². The van der Waals surface area contributed by atoms with Gasteiger partial charge in [0.1, 0.15) is 6.29 Å². The smallest absolute Gasteiger partial charge is 0.138 e. The highest BCUT2D eigenvalue weighted by Gasteiger charge is 2.05. The summed E-state index contributed by atoms with van der Waals surface area (Å²) in [5, 5.41) is -0.405. The molecule has 76 valence electrons. The lowest BCUT2D eigenvalue weighted by molar-refractivity contribution is -0.107. The molecule has 1 atom stereocenters. The third kappa shape index (κ3) is 3.15. The average molecular weight is 211 g/mol. The fraction of sp³-hybridized carbons (Fsp3) is 0.417. The normalized spacial score (nSPS) is 12.9. The van der Waals surface area contributed by atoms with E-state index in [0.717, 1.165) is 11.8 Å². The monoisotopic (exact) mass is 210 g/mol. The van der Waals surface area contributed by atoms with Crippen LogP contribution in [0.25, 0.3) is 0 Å². The van der Waals surface area contributed by atoms with Gasteiger partial charge in [-0.3, -0.25) is 0 Å². The highest BCUT2D eigenvalue weighted by Crippen LogP contribution is 2.17. The second-order valence-corrected chi connectivity index (χ2v) is 4.32. The van der Waals surface area contributed by atoms with E-state index in [2.05, 4.69) is 26.0 Å². The van der Waals surface area contributed by atoms with Crippen LogP contribution >= 0.6 is 11.6 Å². The Bertz CT molecular complexity index is 307. The molecule has 14 heavy (non-hydrogen) atoms. The Labute approximate surface area is 90.1 Å². The lowest BCUT2D eigenvalue weighted by Crippen LogP contribution is -2.04. The Morgan fingerprint density at radius 2 is 2.14 bits per heavy atom. The molecule has 1 nitrogen and oxygen atoms in total. The maximum atomic E-state index is 10.4. The second kappa shape index (κ2) is 5.16. The number of benzene rings is 1. The number of carbonyl (C=O) groups is 1. The van der Waals surface area contributed by atoms with Gasteiger partial charge in [0.25, 0.3) is 0 Å². The summed E-state index contributed by atoms with van der Waals surface area (Å²) in [4.78, 5) is 10.4.